The van der Waals surface area contributed by atoms with E-state index >= 15 is 0 Å². The van der Waals surface area contributed by atoms with Crippen LogP contribution in [-0.2, 0) is 9.53 Å². The van der Waals surface area contributed by atoms with Crippen molar-refractivity contribution < 1.29 is 9.53 Å². The first-order valence-electron chi connectivity index (χ1n) is 4.73. The number of likely N-dealkylation sites (N-methyl/N-ethyl adjacent to an activating group) is 1. The Kier molecular flexibility index (Phi) is 5.71. The molecule has 0 spiro atoms. The van der Waals surface area contributed by atoms with Gasteiger partial charge in [0.25, 0.3) is 0 Å². The first kappa shape index (κ1) is 12.4. The minimum absolute atomic E-state index is 0.0515. The monoisotopic (exact) mass is 187 g/mol. The van der Waals surface area contributed by atoms with Crippen molar-refractivity contribution in [3.63, 3.8) is 0 Å². The van der Waals surface area contributed by atoms with Gasteiger partial charge in [0.15, 0.2) is 0 Å². The van der Waals surface area contributed by atoms with Crippen LogP contribution in [0.3, 0.4) is 0 Å². The van der Waals surface area contributed by atoms with Gasteiger partial charge in [0, 0.05) is 20.2 Å². The second kappa shape index (κ2) is 5.97. The van der Waals surface area contributed by atoms with Gasteiger partial charge in [-0.15, -0.1) is 0 Å². The third kappa shape index (κ3) is 4.88. The summed E-state index contributed by atoms with van der Waals surface area (Å²) in [5, 5.41) is 0. The molecule has 0 saturated carbocycles. The van der Waals surface area contributed by atoms with E-state index in [1.54, 1.807) is 12.0 Å². The molecule has 0 saturated heterocycles. The number of hydrogen-bond acceptors (Lipinski definition) is 2. The molecule has 78 valence electrons. The molecule has 0 aromatic rings. The summed E-state index contributed by atoms with van der Waals surface area (Å²) in [5.74, 6) is 0.670. The molecule has 3 heteroatoms. The van der Waals surface area contributed by atoms with Crippen molar-refractivity contribution in [3.8, 4) is 0 Å². The Morgan fingerprint density at radius 2 is 1.92 bits per heavy atom. The molecule has 13 heavy (non-hydrogen) atoms. The van der Waals surface area contributed by atoms with E-state index in [-0.39, 0.29) is 12.5 Å². The molecule has 1 amide bonds. The summed E-state index contributed by atoms with van der Waals surface area (Å²) in [6.07, 6.45) is 1.03. The van der Waals surface area contributed by atoms with Crippen LogP contribution >= 0.6 is 0 Å². The van der Waals surface area contributed by atoms with Gasteiger partial charge in [0.1, 0.15) is 6.61 Å². The van der Waals surface area contributed by atoms with Crippen molar-refractivity contribution in [1.82, 2.24) is 4.90 Å². The van der Waals surface area contributed by atoms with Crippen molar-refractivity contribution in [2.24, 2.45) is 5.92 Å². The summed E-state index contributed by atoms with van der Waals surface area (Å²) in [4.78, 5) is 13.1. The predicted octanol–water partition coefficient (Wildman–Crippen LogP) is 1.53. The number of carbonyl (C=O) groups is 1. The smallest absolute Gasteiger partial charge is 0.248 e. The van der Waals surface area contributed by atoms with E-state index in [1.165, 1.54) is 0 Å². The van der Waals surface area contributed by atoms with Crippen molar-refractivity contribution >= 4 is 5.91 Å². The normalized spacial score (nSPS) is 13.1. The summed E-state index contributed by atoms with van der Waals surface area (Å²) < 4.78 is 4.79. The lowest BCUT2D eigenvalue weighted by Gasteiger charge is -2.26. The molecule has 0 aliphatic carbocycles. The quantitative estimate of drug-likeness (QED) is 0.653. The van der Waals surface area contributed by atoms with Gasteiger partial charge in [-0.3, -0.25) is 4.79 Å². The Hall–Kier alpha value is -0.570. The lowest BCUT2D eigenvalue weighted by atomic mass is 10.0. The van der Waals surface area contributed by atoms with Crippen LogP contribution in [0.4, 0.5) is 0 Å². The summed E-state index contributed by atoms with van der Waals surface area (Å²) in [6, 6.07) is 0.294. The number of hydrogen-bond donors (Lipinski definition) is 0. The number of amides is 1. The largest absolute Gasteiger partial charge is 0.375 e. The fraction of sp³-hybridized carbons (Fsp3) is 0.900. The van der Waals surface area contributed by atoms with Crippen molar-refractivity contribution in [3.05, 3.63) is 0 Å². The Labute approximate surface area is 81.1 Å². The van der Waals surface area contributed by atoms with Crippen LogP contribution in [-0.4, -0.2) is 37.6 Å². The highest BCUT2D eigenvalue weighted by Gasteiger charge is 2.15. The van der Waals surface area contributed by atoms with Crippen LogP contribution in [0.15, 0.2) is 0 Å². The van der Waals surface area contributed by atoms with Crippen LogP contribution in [0.25, 0.3) is 0 Å². The van der Waals surface area contributed by atoms with E-state index in [1.807, 2.05) is 7.05 Å². The van der Waals surface area contributed by atoms with E-state index in [4.69, 9.17) is 4.74 Å². The van der Waals surface area contributed by atoms with E-state index in [2.05, 4.69) is 20.8 Å². The zero-order valence-corrected chi connectivity index (χ0v) is 9.33. The molecule has 0 radical (unpaired) electrons. The molecule has 0 fully saturated rings. The van der Waals surface area contributed by atoms with Crippen LogP contribution in [0.2, 0.25) is 0 Å². The van der Waals surface area contributed by atoms with Crippen LogP contribution < -0.4 is 0 Å². The summed E-state index contributed by atoms with van der Waals surface area (Å²) in [7, 11) is 3.37. The van der Waals surface area contributed by atoms with Crippen molar-refractivity contribution in [1.29, 1.82) is 0 Å². The van der Waals surface area contributed by atoms with E-state index in [9.17, 15) is 4.79 Å². The summed E-state index contributed by atoms with van der Waals surface area (Å²) >= 11 is 0. The lowest BCUT2D eigenvalue weighted by Crippen LogP contribution is -2.37. The molecule has 3 nitrogen and oxygen atoms in total. The topological polar surface area (TPSA) is 29.5 Å². The van der Waals surface area contributed by atoms with Crippen molar-refractivity contribution in [2.75, 3.05) is 20.8 Å². The third-order valence-corrected chi connectivity index (χ3v) is 2.13. The van der Waals surface area contributed by atoms with Crippen molar-refractivity contribution in [2.45, 2.75) is 33.2 Å². The maximum absolute atomic E-state index is 11.4. The number of nitrogens with zero attached hydrogens (tertiary/aromatic N) is 1. The van der Waals surface area contributed by atoms with Crippen LogP contribution in [0.1, 0.15) is 27.2 Å². The second-order valence-corrected chi connectivity index (χ2v) is 3.92. The standard InChI is InChI=1S/C10H21NO2/c1-8(2)6-9(3)11(4)10(12)7-13-5/h8-9H,6-7H2,1-5H3. The molecule has 0 aromatic heterocycles. The van der Waals surface area contributed by atoms with Crippen LogP contribution in [0, 0.1) is 5.92 Å². The summed E-state index contributed by atoms with van der Waals surface area (Å²) in [5.41, 5.74) is 0. The van der Waals surface area contributed by atoms with Gasteiger partial charge in [-0.25, -0.2) is 0 Å². The first-order valence-corrected chi connectivity index (χ1v) is 4.73. The maximum atomic E-state index is 11.4. The molecule has 0 N–H and O–H groups in total. The number of carbonyl (C=O) groups excluding carboxylic acids is 1. The number of rotatable bonds is 5. The van der Waals surface area contributed by atoms with Gasteiger partial charge < -0.3 is 9.64 Å². The Bertz CT molecular complexity index is 157. The molecule has 1 unspecified atom stereocenters. The van der Waals surface area contributed by atoms with E-state index in [0.717, 1.165) is 6.42 Å². The minimum atomic E-state index is 0.0515. The van der Waals surface area contributed by atoms with Gasteiger partial charge in [-0.05, 0) is 19.3 Å². The van der Waals surface area contributed by atoms with E-state index < -0.39 is 0 Å². The highest BCUT2D eigenvalue weighted by atomic mass is 16.5. The number of ether oxygens (including phenoxy) is 1. The molecule has 0 aliphatic heterocycles. The Balaban J connectivity index is 3.93. The molecule has 0 rings (SSSR count). The summed E-state index contributed by atoms with van der Waals surface area (Å²) in [6.45, 7) is 6.56. The fourth-order valence-corrected chi connectivity index (χ4v) is 1.31. The molecule has 0 aliphatic rings. The molecular formula is C10H21NO2. The third-order valence-electron chi connectivity index (χ3n) is 2.13. The molecule has 0 aromatic carbocycles. The highest BCUT2D eigenvalue weighted by Crippen LogP contribution is 2.09. The van der Waals surface area contributed by atoms with Gasteiger partial charge in [0.05, 0.1) is 0 Å². The van der Waals surface area contributed by atoms with Gasteiger partial charge >= 0.3 is 0 Å². The van der Waals surface area contributed by atoms with E-state index in [0.29, 0.717) is 12.0 Å². The SMILES string of the molecule is COCC(=O)N(C)C(C)CC(C)C. The Morgan fingerprint density at radius 3 is 2.31 bits per heavy atom. The first-order chi connectivity index (χ1) is 5.99. The van der Waals surface area contributed by atoms with Crippen LogP contribution in [0.5, 0.6) is 0 Å². The molecule has 0 heterocycles. The predicted molar refractivity (Wildman–Crippen MR) is 53.6 cm³/mol. The highest BCUT2D eigenvalue weighted by molar-refractivity contribution is 5.77. The zero-order chi connectivity index (χ0) is 10.4. The lowest BCUT2D eigenvalue weighted by molar-refractivity contribution is -0.135. The average Bonchev–Trinajstić information content (AvgIpc) is 2.02. The minimum Gasteiger partial charge on any atom is -0.375 e. The average molecular weight is 187 g/mol. The Morgan fingerprint density at radius 1 is 1.38 bits per heavy atom. The van der Waals surface area contributed by atoms with Gasteiger partial charge in [-0.1, -0.05) is 13.8 Å². The zero-order valence-electron chi connectivity index (χ0n) is 9.33. The maximum Gasteiger partial charge on any atom is 0.248 e. The number of methoxy groups -OCH3 is 1. The molecule has 1 atom stereocenters. The van der Waals surface area contributed by atoms with Gasteiger partial charge in [-0.2, -0.15) is 0 Å². The fourth-order valence-electron chi connectivity index (χ4n) is 1.31. The molecule has 0 bridgehead atoms. The molecular weight excluding hydrogens is 166 g/mol. The second-order valence-electron chi connectivity index (χ2n) is 3.92. The van der Waals surface area contributed by atoms with Gasteiger partial charge in [0.2, 0.25) is 5.91 Å².